The van der Waals surface area contributed by atoms with Gasteiger partial charge in [-0.2, -0.15) is 0 Å². The quantitative estimate of drug-likeness (QED) is 0.729. The van der Waals surface area contributed by atoms with Crippen molar-refractivity contribution in [3.8, 4) is 0 Å². The van der Waals surface area contributed by atoms with Gasteiger partial charge < -0.3 is 11.5 Å². The highest BCUT2D eigenvalue weighted by molar-refractivity contribution is 7.89. The summed E-state index contributed by atoms with van der Waals surface area (Å²) in [5.41, 5.74) is 10.6. The van der Waals surface area contributed by atoms with Crippen LogP contribution in [-0.4, -0.2) is 25.5 Å². The summed E-state index contributed by atoms with van der Waals surface area (Å²) < 4.78 is 27.3. The van der Waals surface area contributed by atoms with E-state index in [1.54, 1.807) is 0 Å². The monoisotopic (exact) mass is 306 g/mol. The van der Waals surface area contributed by atoms with Crippen LogP contribution in [0.1, 0.15) is 26.7 Å². The lowest BCUT2D eigenvalue weighted by Crippen LogP contribution is -2.52. The second kappa shape index (κ2) is 6.04. The van der Waals surface area contributed by atoms with E-state index in [0.29, 0.717) is 12.8 Å². The maximum atomic E-state index is 12.4. The Labute approximate surface area is 118 Å². The molecular weight excluding hydrogens is 288 g/mol. The normalized spacial score (nSPS) is 12.6. The zero-order valence-corrected chi connectivity index (χ0v) is 12.6. The maximum Gasteiger partial charge on any atom is 0.244 e. The highest BCUT2D eigenvalue weighted by atomic mass is 35.5. The number of aromatic nitrogens is 1. The van der Waals surface area contributed by atoms with Crippen molar-refractivity contribution in [2.45, 2.75) is 37.1 Å². The molecule has 1 aromatic rings. The Kier molecular flexibility index (Phi) is 5.14. The number of nitrogens with two attached hydrogens (primary N) is 2. The minimum atomic E-state index is -3.81. The van der Waals surface area contributed by atoms with Crippen molar-refractivity contribution >= 4 is 27.4 Å². The van der Waals surface area contributed by atoms with Crippen molar-refractivity contribution in [3.63, 3.8) is 0 Å². The predicted octanol–water partition coefficient (Wildman–Crippen LogP) is 1.11. The van der Waals surface area contributed by atoms with E-state index in [0.717, 1.165) is 0 Å². The van der Waals surface area contributed by atoms with Gasteiger partial charge in [-0.05, 0) is 18.9 Å². The van der Waals surface area contributed by atoms with Crippen molar-refractivity contribution in [2.75, 3.05) is 12.3 Å². The molecule has 108 valence electrons. The fourth-order valence-corrected chi connectivity index (χ4v) is 3.60. The number of hydrogen-bond acceptors (Lipinski definition) is 5. The van der Waals surface area contributed by atoms with Crippen molar-refractivity contribution < 1.29 is 8.42 Å². The van der Waals surface area contributed by atoms with Gasteiger partial charge in [0.25, 0.3) is 0 Å². The van der Waals surface area contributed by atoms with E-state index in [-0.39, 0.29) is 22.3 Å². The summed E-state index contributed by atoms with van der Waals surface area (Å²) in [6.07, 6.45) is 2.45. The summed E-state index contributed by atoms with van der Waals surface area (Å²) in [5, 5.41) is 0.209. The molecule has 5 N–H and O–H groups in total. The van der Waals surface area contributed by atoms with Gasteiger partial charge in [0.15, 0.2) is 0 Å². The topological polar surface area (TPSA) is 111 Å². The summed E-state index contributed by atoms with van der Waals surface area (Å²) in [6.45, 7) is 3.95. The molecule has 1 aromatic heterocycles. The first kappa shape index (κ1) is 16.2. The van der Waals surface area contributed by atoms with E-state index in [2.05, 4.69) is 9.71 Å². The molecular formula is C11H19ClN4O2S. The Hall–Kier alpha value is -0.890. The van der Waals surface area contributed by atoms with Crippen LogP contribution in [0.15, 0.2) is 17.2 Å². The first-order valence-corrected chi connectivity index (χ1v) is 7.81. The summed E-state index contributed by atoms with van der Waals surface area (Å²) in [5.74, 6) is -0.0879. The molecule has 6 nitrogen and oxygen atoms in total. The third-order valence-electron chi connectivity index (χ3n) is 3.23. The lowest BCUT2D eigenvalue weighted by molar-refractivity contribution is 0.363. The molecule has 0 unspecified atom stereocenters. The van der Waals surface area contributed by atoms with E-state index in [1.165, 1.54) is 12.3 Å². The van der Waals surface area contributed by atoms with Gasteiger partial charge in [-0.1, -0.05) is 25.4 Å². The molecule has 8 heteroatoms. The molecule has 0 aliphatic carbocycles. The number of pyridine rings is 1. The molecule has 0 atom stereocenters. The Balaban J connectivity index is 3.21. The first-order valence-electron chi connectivity index (χ1n) is 5.95. The maximum absolute atomic E-state index is 12.4. The highest BCUT2D eigenvalue weighted by Gasteiger charge is 2.32. The largest absolute Gasteiger partial charge is 0.383 e. The molecule has 0 saturated carbocycles. The van der Waals surface area contributed by atoms with Crippen LogP contribution in [0, 0.1) is 0 Å². The van der Waals surface area contributed by atoms with Gasteiger partial charge in [0.2, 0.25) is 10.0 Å². The molecule has 0 fully saturated rings. The summed E-state index contributed by atoms with van der Waals surface area (Å²) >= 11 is 5.76. The van der Waals surface area contributed by atoms with E-state index in [1.807, 2.05) is 13.8 Å². The number of nitrogens with one attached hydrogen (secondary N) is 1. The number of nitrogen functional groups attached to an aromatic ring is 1. The summed E-state index contributed by atoms with van der Waals surface area (Å²) in [4.78, 5) is 3.62. The van der Waals surface area contributed by atoms with Gasteiger partial charge in [-0.25, -0.2) is 18.1 Å². The zero-order valence-electron chi connectivity index (χ0n) is 11.0. The zero-order chi connectivity index (χ0) is 14.7. The molecule has 0 aromatic carbocycles. The molecule has 1 heterocycles. The minimum Gasteiger partial charge on any atom is -0.383 e. The van der Waals surface area contributed by atoms with Crippen LogP contribution in [0.5, 0.6) is 0 Å². The van der Waals surface area contributed by atoms with E-state index < -0.39 is 15.6 Å². The fraction of sp³-hybridized carbons (Fsp3) is 0.545. The predicted molar refractivity (Wildman–Crippen MR) is 76.3 cm³/mol. The number of halogens is 1. The van der Waals surface area contributed by atoms with Crippen molar-refractivity contribution in [2.24, 2.45) is 5.73 Å². The van der Waals surface area contributed by atoms with Gasteiger partial charge >= 0.3 is 0 Å². The van der Waals surface area contributed by atoms with Crippen LogP contribution in [-0.2, 0) is 10.0 Å². The first-order chi connectivity index (χ1) is 8.80. The van der Waals surface area contributed by atoms with Crippen LogP contribution in [0.2, 0.25) is 5.02 Å². The number of sulfonamides is 1. The van der Waals surface area contributed by atoms with Crippen LogP contribution in [0.3, 0.4) is 0 Å². The summed E-state index contributed by atoms with van der Waals surface area (Å²) in [6, 6.07) is 1.28. The van der Waals surface area contributed by atoms with Crippen molar-refractivity contribution in [3.05, 3.63) is 17.3 Å². The lowest BCUT2D eigenvalue weighted by Gasteiger charge is -2.31. The third kappa shape index (κ3) is 3.56. The number of rotatable bonds is 6. The average Bonchev–Trinajstić information content (AvgIpc) is 2.39. The van der Waals surface area contributed by atoms with Crippen LogP contribution in [0.25, 0.3) is 0 Å². The number of anilines is 1. The van der Waals surface area contributed by atoms with E-state index in [4.69, 9.17) is 23.1 Å². The van der Waals surface area contributed by atoms with Crippen LogP contribution in [0.4, 0.5) is 5.82 Å². The molecule has 0 saturated heterocycles. The Bertz CT molecular complexity index is 535. The van der Waals surface area contributed by atoms with Gasteiger partial charge in [0.1, 0.15) is 10.7 Å². The SMILES string of the molecule is CCC(CC)(CN)NS(=O)(=O)c1cc(Cl)cnc1N. The van der Waals surface area contributed by atoms with Crippen LogP contribution >= 0.6 is 11.6 Å². The molecule has 0 bridgehead atoms. The smallest absolute Gasteiger partial charge is 0.244 e. The van der Waals surface area contributed by atoms with E-state index >= 15 is 0 Å². The van der Waals surface area contributed by atoms with Gasteiger partial charge in [0.05, 0.1) is 5.02 Å². The van der Waals surface area contributed by atoms with Crippen molar-refractivity contribution in [1.82, 2.24) is 9.71 Å². The standard InChI is InChI=1S/C11H19ClN4O2S/c1-3-11(4-2,7-13)16-19(17,18)9-5-8(12)6-15-10(9)14/h5-6,16H,3-4,7,13H2,1-2H3,(H2,14,15). The lowest BCUT2D eigenvalue weighted by atomic mass is 9.95. The second-order valence-corrected chi connectivity index (χ2v) is 6.42. The minimum absolute atomic E-state index is 0.0879. The van der Waals surface area contributed by atoms with Gasteiger partial charge in [-0.3, -0.25) is 0 Å². The molecule has 0 aliphatic rings. The molecule has 0 aliphatic heterocycles. The summed E-state index contributed by atoms with van der Waals surface area (Å²) in [7, 11) is -3.81. The Morgan fingerprint density at radius 1 is 1.42 bits per heavy atom. The molecule has 0 spiro atoms. The highest BCUT2D eigenvalue weighted by Crippen LogP contribution is 2.23. The fourth-order valence-electron chi connectivity index (χ4n) is 1.71. The van der Waals surface area contributed by atoms with Crippen molar-refractivity contribution in [1.29, 1.82) is 0 Å². The second-order valence-electron chi connectivity index (χ2n) is 4.33. The Morgan fingerprint density at radius 3 is 2.47 bits per heavy atom. The van der Waals surface area contributed by atoms with Gasteiger partial charge in [-0.15, -0.1) is 0 Å². The molecule has 0 amide bonds. The molecule has 19 heavy (non-hydrogen) atoms. The van der Waals surface area contributed by atoms with Gasteiger partial charge in [0, 0.05) is 18.3 Å². The average molecular weight is 307 g/mol. The van der Waals surface area contributed by atoms with Crippen LogP contribution < -0.4 is 16.2 Å². The number of hydrogen-bond donors (Lipinski definition) is 3. The number of nitrogens with zero attached hydrogens (tertiary/aromatic N) is 1. The third-order valence-corrected chi connectivity index (χ3v) is 5.05. The molecule has 1 rings (SSSR count). The molecule has 0 radical (unpaired) electrons. The van der Waals surface area contributed by atoms with E-state index in [9.17, 15) is 8.42 Å². The Morgan fingerprint density at radius 2 is 2.00 bits per heavy atom.